The largest absolute Gasteiger partial charge is 0.307 e. The first-order valence-corrected chi connectivity index (χ1v) is 6.60. The van der Waals surface area contributed by atoms with Crippen LogP contribution in [-0.2, 0) is 0 Å². The lowest BCUT2D eigenvalue weighted by molar-refractivity contribution is 0.174. The summed E-state index contributed by atoms with van der Waals surface area (Å²) in [5.74, 6) is 0.767. The molecule has 96 valence electrons. The van der Waals surface area contributed by atoms with Crippen LogP contribution in [0.2, 0.25) is 0 Å². The smallest absolute Gasteiger partial charge is 0.0534 e. The van der Waals surface area contributed by atoms with E-state index in [1.165, 1.54) is 31.5 Å². The second-order valence-corrected chi connectivity index (χ2v) is 5.37. The van der Waals surface area contributed by atoms with E-state index < -0.39 is 0 Å². The Balaban J connectivity index is 1.85. The van der Waals surface area contributed by atoms with Crippen molar-refractivity contribution < 1.29 is 0 Å². The van der Waals surface area contributed by atoms with Crippen molar-refractivity contribution in [1.82, 2.24) is 20.4 Å². The number of aromatic nitrogens is 2. The standard InChI is InChI=1S/C13H24N4/c1-10(12-5-4-6-17(3)9-12)16-11(2)13-7-14-15-8-13/h7-8,10-12,16H,4-6,9H2,1-3H3,(H,14,15). The monoisotopic (exact) mass is 236 g/mol. The van der Waals surface area contributed by atoms with Gasteiger partial charge in [-0.2, -0.15) is 5.10 Å². The van der Waals surface area contributed by atoms with Gasteiger partial charge in [0, 0.05) is 30.4 Å². The second-order valence-electron chi connectivity index (χ2n) is 5.37. The van der Waals surface area contributed by atoms with Gasteiger partial charge in [0.15, 0.2) is 0 Å². The molecule has 1 fully saturated rings. The van der Waals surface area contributed by atoms with Gasteiger partial charge in [0.2, 0.25) is 0 Å². The molecule has 4 heteroatoms. The van der Waals surface area contributed by atoms with Crippen LogP contribution >= 0.6 is 0 Å². The van der Waals surface area contributed by atoms with Gasteiger partial charge in [0.05, 0.1) is 6.20 Å². The molecule has 3 atom stereocenters. The fraction of sp³-hybridized carbons (Fsp3) is 0.769. The van der Waals surface area contributed by atoms with Gasteiger partial charge >= 0.3 is 0 Å². The lowest BCUT2D eigenvalue weighted by Crippen LogP contribution is -2.43. The third-order valence-corrected chi connectivity index (χ3v) is 3.90. The summed E-state index contributed by atoms with van der Waals surface area (Å²) < 4.78 is 0. The predicted molar refractivity (Wildman–Crippen MR) is 69.8 cm³/mol. The average molecular weight is 236 g/mol. The number of hydrogen-bond donors (Lipinski definition) is 2. The number of piperidine rings is 1. The maximum atomic E-state index is 4.00. The molecule has 0 amide bonds. The third-order valence-electron chi connectivity index (χ3n) is 3.90. The third kappa shape index (κ3) is 3.30. The van der Waals surface area contributed by atoms with Crippen LogP contribution in [0.5, 0.6) is 0 Å². The van der Waals surface area contributed by atoms with Crippen molar-refractivity contribution in [2.75, 3.05) is 20.1 Å². The summed E-state index contributed by atoms with van der Waals surface area (Å²) >= 11 is 0. The number of rotatable bonds is 4. The molecule has 1 aliphatic heterocycles. The van der Waals surface area contributed by atoms with Crippen LogP contribution in [0.4, 0.5) is 0 Å². The molecular weight excluding hydrogens is 212 g/mol. The van der Waals surface area contributed by atoms with E-state index in [0.717, 1.165) is 5.92 Å². The maximum Gasteiger partial charge on any atom is 0.0534 e. The summed E-state index contributed by atoms with van der Waals surface area (Å²) in [6.45, 7) is 6.97. The Morgan fingerprint density at radius 2 is 2.35 bits per heavy atom. The lowest BCUT2D eigenvalue weighted by atomic mass is 9.91. The lowest BCUT2D eigenvalue weighted by Gasteiger charge is -2.35. The number of nitrogens with one attached hydrogen (secondary N) is 2. The molecule has 0 aliphatic carbocycles. The van der Waals surface area contributed by atoms with E-state index >= 15 is 0 Å². The van der Waals surface area contributed by atoms with Gasteiger partial charge in [-0.3, -0.25) is 5.10 Å². The molecule has 2 N–H and O–H groups in total. The Kier molecular flexibility index (Phi) is 4.18. The summed E-state index contributed by atoms with van der Waals surface area (Å²) in [7, 11) is 2.22. The predicted octanol–water partition coefficient (Wildman–Crippen LogP) is 1.79. The Hall–Kier alpha value is -0.870. The molecule has 17 heavy (non-hydrogen) atoms. The normalized spacial score (nSPS) is 25.7. The zero-order valence-electron chi connectivity index (χ0n) is 11.1. The number of nitrogens with zero attached hydrogens (tertiary/aromatic N) is 2. The van der Waals surface area contributed by atoms with Crippen LogP contribution in [0, 0.1) is 5.92 Å². The Morgan fingerprint density at radius 3 is 3.00 bits per heavy atom. The highest BCUT2D eigenvalue weighted by Gasteiger charge is 2.23. The van der Waals surface area contributed by atoms with Crippen LogP contribution < -0.4 is 5.32 Å². The SMILES string of the molecule is CC(NC(C)C1CCCN(C)C1)c1cn[nH]c1. The average Bonchev–Trinajstić information content (AvgIpc) is 2.82. The molecule has 4 nitrogen and oxygen atoms in total. The minimum absolute atomic E-state index is 0.371. The van der Waals surface area contributed by atoms with Gasteiger partial charge in [-0.25, -0.2) is 0 Å². The fourth-order valence-corrected chi connectivity index (χ4v) is 2.74. The van der Waals surface area contributed by atoms with Crippen LogP contribution in [0.25, 0.3) is 0 Å². The Bertz CT molecular complexity index is 322. The molecule has 0 saturated carbocycles. The molecule has 0 radical (unpaired) electrons. The summed E-state index contributed by atoms with van der Waals surface area (Å²) in [4.78, 5) is 2.44. The summed E-state index contributed by atoms with van der Waals surface area (Å²) in [6, 6.07) is 0.929. The van der Waals surface area contributed by atoms with Crippen molar-refractivity contribution in [1.29, 1.82) is 0 Å². The highest BCUT2D eigenvalue weighted by Crippen LogP contribution is 2.21. The number of hydrogen-bond acceptors (Lipinski definition) is 3. The highest BCUT2D eigenvalue weighted by atomic mass is 15.1. The van der Waals surface area contributed by atoms with Crippen molar-refractivity contribution in [3.63, 3.8) is 0 Å². The van der Waals surface area contributed by atoms with E-state index in [-0.39, 0.29) is 0 Å². The molecule has 2 rings (SSSR count). The van der Waals surface area contributed by atoms with E-state index in [9.17, 15) is 0 Å². The number of likely N-dealkylation sites (tertiary alicyclic amines) is 1. The molecule has 2 heterocycles. The first-order valence-electron chi connectivity index (χ1n) is 6.60. The maximum absolute atomic E-state index is 4.00. The van der Waals surface area contributed by atoms with Crippen molar-refractivity contribution in [2.45, 2.75) is 38.8 Å². The van der Waals surface area contributed by atoms with E-state index in [1.807, 2.05) is 12.4 Å². The minimum atomic E-state index is 0.371. The van der Waals surface area contributed by atoms with E-state index in [2.05, 4.69) is 41.3 Å². The first-order chi connectivity index (χ1) is 8.16. The second kappa shape index (κ2) is 5.65. The van der Waals surface area contributed by atoms with Crippen LogP contribution in [-0.4, -0.2) is 41.3 Å². The van der Waals surface area contributed by atoms with Gasteiger partial charge in [0.25, 0.3) is 0 Å². The molecule has 0 aromatic carbocycles. The Morgan fingerprint density at radius 1 is 1.53 bits per heavy atom. The van der Waals surface area contributed by atoms with E-state index in [4.69, 9.17) is 0 Å². The molecule has 1 saturated heterocycles. The molecule has 1 aromatic heterocycles. The van der Waals surface area contributed by atoms with Crippen molar-refractivity contribution in [3.8, 4) is 0 Å². The Labute approximate surface area is 104 Å². The summed E-state index contributed by atoms with van der Waals surface area (Å²) in [5, 5.41) is 10.6. The summed E-state index contributed by atoms with van der Waals surface area (Å²) in [5.41, 5.74) is 1.24. The van der Waals surface area contributed by atoms with Gasteiger partial charge in [-0.05, 0) is 46.2 Å². The zero-order valence-corrected chi connectivity index (χ0v) is 11.1. The van der Waals surface area contributed by atoms with E-state index in [1.54, 1.807) is 0 Å². The molecule has 0 spiro atoms. The van der Waals surface area contributed by atoms with Gasteiger partial charge < -0.3 is 10.2 Å². The molecule has 3 unspecified atom stereocenters. The number of H-pyrrole nitrogens is 1. The summed E-state index contributed by atoms with van der Waals surface area (Å²) in [6.07, 6.45) is 6.54. The van der Waals surface area contributed by atoms with Crippen LogP contribution in [0.3, 0.4) is 0 Å². The minimum Gasteiger partial charge on any atom is -0.307 e. The molecule has 0 bridgehead atoms. The quantitative estimate of drug-likeness (QED) is 0.837. The van der Waals surface area contributed by atoms with Crippen LogP contribution in [0.15, 0.2) is 12.4 Å². The fourth-order valence-electron chi connectivity index (χ4n) is 2.74. The highest BCUT2D eigenvalue weighted by molar-refractivity contribution is 5.08. The van der Waals surface area contributed by atoms with Crippen molar-refractivity contribution >= 4 is 0 Å². The number of aromatic amines is 1. The van der Waals surface area contributed by atoms with Crippen molar-refractivity contribution in [3.05, 3.63) is 18.0 Å². The topological polar surface area (TPSA) is 44.0 Å². The molecule has 1 aliphatic rings. The van der Waals surface area contributed by atoms with Crippen LogP contribution in [0.1, 0.15) is 38.3 Å². The molecular formula is C13H24N4. The van der Waals surface area contributed by atoms with Crippen molar-refractivity contribution in [2.24, 2.45) is 5.92 Å². The first kappa shape index (κ1) is 12.6. The van der Waals surface area contributed by atoms with Gasteiger partial charge in [0.1, 0.15) is 0 Å². The van der Waals surface area contributed by atoms with Gasteiger partial charge in [-0.1, -0.05) is 0 Å². The van der Waals surface area contributed by atoms with Gasteiger partial charge in [-0.15, -0.1) is 0 Å². The van der Waals surface area contributed by atoms with E-state index in [0.29, 0.717) is 12.1 Å². The molecule has 1 aromatic rings. The zero-order chi connectivity index (χ0) is 12.3.